The molecule has 0 saturated carbocycles. The Bertz CT molecular complexity index is 936. The van der Waals surface area contributed by atoms with Crippen LogP contribution in [0, 0.1) is 0 Å². The summed E-state index contributed by atoms with van der Waals surface area (Å²) in [4.78, 5) is 8.95. The molecule has 0 amide bonds. The topological polar surface area (TPSA) is 88.8 Å². The maximum Gasteiger partial charge on any atom is 0.245 e. The molecular weight excluding hydrogens is 316 g/mol. The van der Waals surface area contributed by atoms with Crippen molar-refractivity contribution in [3.05, 3.63) is 71.8 Å². The normalized spacial score (nSPS) is 19.0. The van der Waals surface area contributed by atoms with Gasteiger partial charge in [0, 0.05) is 0 Å². The number of hydrogen-bond acceptors (Lipinski definition) is 7. The van der Waals surface area contributed by atoms with E-state index in [1.807, 2.05) is 36.4 Å². The van der Waals surface area contributed by atoms with E-state index in [0.717, 1.165) is 11.1 Å². The van der Waals surface area contributed by atoms with Gasteiger partial charge in [0.05, 0.1) is 12.1 Å². The molecule has 7 nitrogen and oxygen atoms in total. The van der Waals surface area contributed by atoms with E-state index >= 15 is 0 Å². The number of fused-ring (bicyclic) bond motifs is 2. The first kappa shape index (κ1) is 13.9. The molecule has 0 radical (unpaired) electrons. The van der Waals surface area contributed by atoms with Gasteiger partial charge in [-0.1, -0.05) is 60.7 Å². The molecular formula is C18H14N6O. The van der Waals surface area contributed by atoms with Crippen LogP contribution in [0.1, 0.15) is 23.2 Å². The van der Waals surface area contributed by atoms with Gasteiger partial charge in [-0.05, 0) is 21.4 Å². The third-order valence-electron chi connectivity index (χ3n) is 4.35. The van der Waals surface area contributed by atoms with Gasteiger partial charge in [-0.25, -0.2) is 14.6 Å². The molecule has 0 saturated heterocycles. The van der Waals surface area contributed by atoms with Gasteiger partial charge in [0.2, 0.25) is 11.3 Å². The Hall–Kier alpha value is -3.48. The molecule has 1 aliphatic heterocycles. The maximum absolute atomic E-state index is 4.73. The van der Waals surface area contributed by atoms with E-state index in [-0.39, 0.29) is 12.1 Å². The Morgan fingerprint density at radius 3 is 1.52 bits per heavy atom. The monoisotopic (exact) mass is 330 g/mol. The molecule has 2 aromatic heterocycles. The number of nitrogens with one attached hydrogen (secondary N) is 2. The lowest BCUT2D eigenvalue weighted by Crippen LogP contribution is -2.31. The van der Waals surface area contributed by atoms with E-state index in [1.54, 1.807) is 0 Å². The zero-order chi connectivity index (χ0) is 16.6. The van der Waals surface area contributed by atoms with Crippen molar-refractivity contribution >= 4 is 22.9 Å². The number of benzene rings is 2. The van der Waals surface area contributed by atoms with Gasteiger partial charge < -0.3 is 10.6 Å². The summed E-state index contributed by atoms with van der Waals surface area (Å²) in [6.45, 7) is 0. The molecule has 2 aromatic carbocycles. The fourth-order valence-corrected chi connectivity index (χ4v) is 3.17. The quantitative estimate of drug-likeness (QED) is 0.582. The molecule has 122 valence electrons. The van der Waals surface area contributed by atoms with Gasteiger partial charge in [0.25, 0.3) is 0 Å². The molecule has 7 heteroatoms. The Morgan fingerprint density at radius 1 is 0.640 bits per heavy atom. The molecule has 0 fully saturated rings. The minimum absolute atomic E-state index is 0.00251. The average molecular weight is 330 g/mol. The molecule has 5 rings (SSSR count). The minimum atomic E-state index is 0.00251. The minimum Gasteiger partial charge on any atom is -0.358 e. The summed E-state index contributed by atoms with van der Waals surface area (Å²) in [5.74, 6) is 1.29. The summed E-state index contributed by atoms with van der Waals surface area (Å²) < 4.78 is 4.73. The molecule has 0 spiro atoms. The van der Waals surface area contributed by atoms with Crippen molar-refractivity contribution in [2.75, 3.05) is 10.6 Å². The Kier molecular flexibility index (Phi) is 3.09. The fraction of sp³-hybridized carbons (Fsp3) is 0.111. The van der Waals surface area contributed by atoms with Gasteiger partial charge in [-0.2, -0.15) is 0 Å². The van der Waals surface area contributed by atoms with Crippen molar-refractivity contribution in [3.8, 4) is 0 Å². The number of rotatable bonds is 2. The van der Waals surface area contributed by atoms with E-state index < -0.39 is 0 Å². The summed E-state index contributed by atoms with van der Waals surface area (Å²) in [6.07, 6.45) is 0. The molecule has 2 atom stereocenters. The molecule has 0 bridgehead atoms. The highest BCUT2D eigenvalue weighted by atomic mass is 16.6. The van der Waals surface area contributed by atoms with Crippen LogP contribution < -0.4 is 10.6 Å². The van der Waals surface area contributed by atoms with Crippen LogP contribution in [0.5, 0.6) is 0 Å². The van der Waals surface area contributed by atoms with Crippen LogP contribution in [0.4, 0.5) is 11.6 Å². The third kappa shape index (κ3) is 2.37. The second-order valence-electron chi connectivity index (χ2n) is 5.90. The van der Waals surface area contributed by atoms with Gasteiger partial charge in [0.1, 0.15) is 0 Å². The lowest BCUT2D eigenvalue weighted by molar-refractivity contribution is 0.314. The summed E-state index contributed by atoms with van der Waals surface area (Å²) >= 11 is 0. The largest absolute Gasteiger partial charge is 0.358 e. The van der Waals surface area contributed by atoms with Crippen molar-refractivity contribution in [2.24, 2.45) is 0 Å². The lowest BCUT2D eigenvalue weighted by Gasteiger charge is -2.35. The first-order valence-corrected chi connectivity index (χ1v) is 8.02. The highest BCUT2D eigenvalue weighted by Gasteiger charge is 2.32. The van der Waals surface area contributed by atoms with Crippen LogP contribution in [-0.4, -0.2) is 20.3 Å². The Labute approximate surface area is 143 Å². The van der Waals surface area contributed by atoms with Gasteiger partial charge in [-0.3, -0.25) is 0 Å². The summed E-state index contributed by atoms with van der Waals surface area (Å²) in [5.41, 5.74) is 3.10. The Balaban J connectivity index is 1.64. The van der Waals surface area contributed by atoms with Crippen molar-refractivity contribution in [1.82, 2.24) is 20.3 Å². The Morgan fingerprint density at radius 2 is 1.08 bits per heavy atom. The first-order chi connectivity index (χ1) is 12.4. The highest BCUT2D eigenvalue weighted by Crippen LogP contribution is 2.40. The standard InChI is InChI=1S/C18H14N6O/c1-3-7-11(8-4-1)13-14(12-9-5-2-6-10-12)20-16-15(19-13)21-17-18(22-16)24-25-23-17/h1-10,13-14H,(H,19,21,23)(H,20,22,24)/t13-,14-/m0/s1. The van der Waals surface area contributed by atoms with Crippen molar-refractivity contribution in [3.63, 3.8) is 0 Å². The zero-order valence-electron chi connectivity index (χ0n) is 13.1. The summed E-state index contributed by atoms with van der Waals surface area (Å²) in [6, 6.07) is 20.6. The summed E-state index contributed by atoms with van der Waals surface area (Å²) in [7, 11) is 0. The summed E-state index contributed by atoms with van der Waals surface area (Å²) in [5, 5.41) is 14.5. The second-order valence-corrected chi connectivity index (χ2v) is 5.90. The van der Waals surface area contributed by atoms with Crippen molar-refractivity contribution < 1.29 is 4.63 Å². The van der Waals surface area contributed by atoms with Crippen LogP contribution in [-0.2, 0) is 0 Å². The molecule has 25 heavy (non-hydrogen) atoms. The molecule has 2 N–H and O–H groups in total. The SMILES string of the molecule is c1ccc([C@@H]2Nc3nc4nonc4nc3N[C@H]2c2ccccc2)cc1. The van der Waals surface area contributed by atoms with E-state index in [1.165, 1.54) is 0 Å². The zero-order valence-corrected chi connectivity index (χ0v) is 13.1. The van der Waals surface area contributed by atoms with Crippen LogP contribution in [0.15, 0.2) is 65.3 Å². The predicted molar refractivity (Wildman–Crippen MR) is 93.0 cm³/mol. The van der Waals surface area contributed by atoms with E-state index in [0.29, 0.717) is 22.9 Å². The number of nitrogens with zero attached hydrogens (tertiary/aromatic N) is 4. The van der Waals surface area contributed by atoms with Gasteiger partial charge in [-0.15, -0.1) is 0 Å². The smallest absolute Gasteiger partial charge is 0.245 e. The molecule has 0 unspecified atom stereocenters. The second kappa shape index (κ2) is 5.55. The van der Waals surface area contributed by atoms with Crippen LogP contribution in [0.25, 0.3) is 11.3 Å². The fourth-order valence-electron chi connectivity index (χ4n) is 3.17. The van der Waals surface area contributed by atoms with E-state index in [4.69, 9.17) is 4.63 Å². The predicted octanol–water partition coefficient (Wildman–Crippen LogP) is 3.33. The van der Waals surface area contributed by atoms with Gasteiger partial charge >= 0.3 is 0 Å². The number of anilines is 2. The lowest BCUT2D eigenvalue weighted by atomic mass is 9.92. The highest BCUT2D eigenvalue weighted by molar-refractivity contribution is 5.75. The molecule has 0 aliphatic carbocycles. The third-order valence-corrected chi connectivity index (χ3v) is 4.35. The first-order valence-electron chi connectivity index (χ1n) is 8.02. The molecule has 1 aliphatic rings. The van der Waals surface area contributed by atoms with Crippen molar-refractivity contribution in [2.45, 2.75) is 12.1 Å². The number of hydrogen-bond donors (Lipinski definition) is 2. The van der Waals surface area contributed by atoms with E-state index in [2.05, 4.69) is 55.2 Å². The van der Waals surface area contributed by atoms with Crippen LogP contribution in [0.2, 0.25) is 0 Å². The molecule has 3 heterocycles. The number of aromatic nitrogens is 4. The average Bonchev–Trinajstić information content (AvgIpc) is 3.14. The maximum atomic E-state index is 4.73. The van der Waals surface area contributed by atoms with Crippen LogP contribution >= 0.6 is 0 Å². The van der Waals surface area contributed by atoms with Crippen LogP contribution in [0.3, 0.4) is 0 Å². The van der Waals surface area contributed by atoms with Crippen molar-refractivity contribution in [1.29, 1.82) is 0 Å². The molecule has 4 aromatic rings. The van der Waals surface area contributed by atoms with Gasteiger partial charge in [0.15, 0.2) is 11.6 Å². The van der Waals surface area contributed by atoms with E-state index in [9.17, 15) is 0 Å².